The average molecular weight is 351 g/mol. The summed E-state index contributed by atoms with van der Waals surface area (Å²) in [4.78, 5) is 22.4. The highest BCUT2D eigenvalue weighted by molar-refractivity contribution is 6.30. The largest absolute Gasteiger partial charge is 0.496 e. The van der Waals surface area contributed by atoms with E-state index in [1.807, 2.05) is 0 Å². The Morgan fingerprint density at radius 2 is 2.04 bits per heavy atom. The average Bonchev–Trinajstić information content (AvgIpc) is 2.55. The second-order valence-corrected chi connectivity index (χ2v) is 5.32. The van der Waals surface area contributed by atoms with Gasteiger partial charge in [-0.2, -0.15) is 0 Å². The second kappa shape index (κ2) is 7.65. The summed E-state index contributed by atoms with van der Waals surface area (Å²) in [6, 6.07) is 9.18. The number of carbonyl (C=O) groups excluding carboxylic acids is 1. The molecule has 0 saturated heterocycles. The number of halogens is 1. The van der Waals surface area contributed by atoms with Gasteiger partial charge in [-0.25, -0.2) is 0 Å². The van der Waals surface area contributed by atoms with Crippen LogP contribution >= 0.6 is 11.6 Å². The molecule has 126 valence electrons. The molecular weight excluding hydrogens is 336 g/mol. The van der Waals surface area contributed by atoms with Crippen molar-refractivity contribution < 1.29 is 19.2 Å². The molecule has 0 bridgehead atoms. The van der Waals surface area contributed by atoms with Gasteiger partial charge in [0.15, 0.2) is 12.4 Å². The van der Waals surface area contributed by atoms with Crippen LogP contribution in [0.25, 0.3) is 0 Å². The molecule has 0 atom stereocenters. The minimum absolute atomic E-state index is 0.0104. The molecule has 1 amide bonds. The molecule has 0 spiro atoms. The monoisotopic (exact) mass is 350 g/mol. The molecule has 0 saturated carbocycles. The number of aryl methyl sites for hydroxylation is 1. The quantitative estimate of drug-likeness (QED) is 0.635. The molecule has 0 aliphatic rings. The van der Waals surface area contributed by atoms with Crippen molar-refractivity contribution in [3.63, 3.8) is 0 Å². The number of hydrogen-bond acceptors (Lipinski definition) is 5. The SMILES string of the molecule is COc1ccc(OCC(=O)Nc2ccc(Cl)cc2C)c([N+](=O)[O-])c1. The van der Waals surface area contributed by atoms with Gasteiger partial charge < -0.3 is 14.8 Å². The molecule has 0 fully saturated rings. The van der Waals surface area contributed by atoms with Crippen LogP contribution in [0.15, 0.2) is 36.4 Å². The van der Waals surface area contributed by atoms with E-state index in [0.717, 1.165) is 5.56 Å². The molecule has 8 heteroatoms. The fourth-order valence-electron chi connectivity index (χ4n) is 1.99. The summed E-state index contributed by atoms with van der Waals surface area (Å²) >= 11 is 5.85. The lowest BCUT2D eigenvalue weighted by atomic mass is 10.2. The van der Waals surface area contributed by atoms with E-state index >= 15 is 0 Å². The summed E-state index contributed by atoms with van der Waals surface area (Å²) in [6.07, 6.45) is 0. The molecule has 0 radical (unpaired) electrons. The van der Waals surface area contributed by atoms with E-state index in [-0.39, 0.29) is 18.0 Å². The van der Waals surface area contributed by atoms with E-state index in [4.69, 9.17) is 21.1 Å². The molecule has 24 heavy (non-hydrogen) atoms. The molecule has 7 nitrogen and oxygen atoms in total. The first-order valence-corrected chi connectivity index (χ1v) is 7.29. The highest BCUT2D eigenvalue weighted by atomic mass is 35.5. The molecule has 2 rings (SSSR count). The number of anilines is 1. The van der Waals surface area contributed by atoms with Gasteiger partial charge in [-0.3, -0.25) is 14.9 Å². The normalized spacial score (nSPS) is 10.1. The van der Waals surface area contributed by atoms with E-state index in [1.54, 1.807) is 25.1 Å². The van der Waals surface area contributed by atoms with Crippen LogP contribution < -0.4 is 14.8 Å². The van der Waals surface area contributed by atoms with Crippen LogP contribution in [0.2, 0.25) is 5.02 Å². The number of rotatable bonds is 6. The maximum Gasteiger partial charge on any atom is 0.314 e. The Balaban J connectivity index is 2.05. The number of nitro benzene ring substituents is 1. The van der Waals surface area contributed by atoms with Crippen molar-refractivity contribution in [2.75, 3.05) is 19.0 Å². The first-order valence-electron chi connectivity index (χ1n) is 6.92. The van der Waals surface area contributed by atoms with E-state index in [0.29, 0.717) is 16.5 Å². The van der Waals surface area contributed by atoms with E-state index in [2.05, 4.69) is 5.32 Å². The predicted octanol–water partition coefficient (Wildman–Crippen LogP) is 3.58. The fourth-order valence-corrected chi connectivity index (χ4v) is 2.21. The van der Waals surface area contributed by atoms with Crippen LogP contribution in [0.5, 0.6) is 11.5 Å². The van der Waals surface area contributed by atoms with Crippen LogP contribution in [0.1, 0.15) is 5.56 Å². The Morgan fingerprint density at radius 3 is 2.67 bits per heavy atom. The Kier molecular flexibility index (Phi) is 5.59. The Bertz CT molecular complexity index is 779. The van der Waals surface area contributed by atoms with Crippen molar-refractivity contribution in [1.82, 2.24) is 0 Å². The number of nitrogens with one attached hydrogen (secondary N) is 1. The van der Waals surface area contributed by atoms with Gasteiger partial charge in [-0.1, -0.05) is 11.6 Å². The van der Waals surface area contributed by atoms with Gasteiger partial charge in [0.2, 0.25) is 0 Å². The maximum atomic E-state index is 12.0. The summed E-state index contributed by atoms with van der Waals surface area (Å²) in [5, 5.41) is 14.3. The zero-order valence-corrected chi connectivity index (χ0v) is 13.8. The summed E-state index contributed by atoms with van der Waals surface area (Å²) in [5.41, 5.74) is 1.12. The first kappa shape index (κ1) is 17.6. The Labute approximate surface area is 143 Å². The van der Waals surface area contributed by atoms with Crippen molar-refractivity contribution in [2.24, 2.45) is 0 Å². The molecular formula is C16H15ClN2O5. The van der Waals surface area contributed by atoms with Crippen molar-refractivity contribution in [2.45, 2.75) is 6.92 Å². The predicted molar refractivity (Wildman–Crippen MR) is 90.0 cm³/mol. The van der Waals surface area contributed by atoms with Crippen molar-refractivity contribution in [1.29, 1.82) is 0 Å². The third-order valence-corrected chi connectivity index (χ3v) is 3.42. The standard InChI is InChI=1S/C16H15ClN2O5/c1-10-7-11(17)3-5-13(10)18-16(20)9-24-15-6-4-12(23-2)8-14(15)19(21)22/h3-8H,9H2,1-2H3,(H,18,20). The van der Waals surface area contributed by atoms with E-state index in [9.17, 15) is 14.9 Å². The summed E-state index contributed by atoms with van der Waals surface area (Å²) < 4.78 is 10.2. The number of hydrogen-bond donors (Lipinski definition) is 1. The molecule has 0 aliphatic heterocycles. The van der Waals surface area contributed by atoms with Gasteiger partial charge in [-0.15, -0.1) is 0 Å². The van der Waals surface area contributed by atoms with Crippen LogP contribution in [-0.2, 0) is 4.79 Å². The van der Waals surface area contributed by atoms with E-state index < -0.39 is 10.8 Å². The zero-order valence-electron chi connectivity index (χ0n) is 13.0. The van der Waals surface area contributed by atoms with Gasteiger partial charge in [0, 0.05) is 10.7 Å². The maximum absolute atomic E-state index is 12.0. The van der Waals surface area contributed by atoms with Crippen LogP contribution in [-0.4, -0.2) is 24.5 Å². The van der Waals surface area contributed by atoms with Gasteiger partial charge in [0.1, 0.15) is 5.75 Å². The second-order valence-electron chi connectivity index (χ2n) is 4.89. The van der Waals surface area contributed by atoms with Gasteiger partial charge in [-0.05, 0) is 42.8 Å². The third kappa shape index (κ3) is 4.36. The summed E-state index contributed by atoms with van der Waals surface area (Å²) in [7, 11) is 1.40. The summed E-state index contributed by atoms with van der Waals surface area (Å²) in [6.45, 7) is 1.44. The number of nitrogens with zero attached hydrogens (tertiary/aromatic N) is 1. The highest BCUT2D eigenvalue weighted by Crippen LogP contribution is 2.31. The van der Waals surface area contributed by atoms with E-state index in [1.165, 1.54) is 25.3 Å². The molecule has 2 aromatic carbocycles. The van der Waals surface area contributed by atoms with Gasteiger partial charge in [0.25, 0.3) is 5.91 Å². The minimum Gasteiger partial charge on any atom is -0.496 e. The minimum atomic E-state index is -0.598. The smallest absolute Gasteiger partial charge is 0.314 e. The fraction of sp³-hybridized carbons (Fsp3) is 0.188. The number of ether oxygens (including phenoxy) is 2. The molecule has 1 N–H and O–H groups in total. The third-order valence-electron chi connectivity index (χ3n) is 3.18. The van der Waals surface area contributed by atoms with Gasteiger partial charge in [0.05, 0.1) is 18.1 Å². The zero-order chi connectivity index (χ0) is 17.7. The van der Waals surface area contributed by atoms with Crippen molar-refractivity contribution >= 4 is 28.9 Å². The number of nitro groups is 1. The summed E-state index contributed by atoms with van der Waals surface area (Å²) in [5.74, 6) is -0.121. The molecule has 0 heterocycles. The van der Waals surface area contributed by atoms with Crippen molar-refractivity contribution in [3.8, 4) is 11.5 Å². The number of amides is 1. The molecule has 0 aromatic heterocycles. The molecule has 2 aromatic rings. The molecule has 0 unspecified atom stereocenters. The lowest BCUT2D eigenvalue weighted by Gasteiger charge is -2.10. The van der Waals surface area contributed by atoms with Crippen molar-refractivity contribution in [3.05, 3.63) is 57.1 Å². The van der Waals surface area contributed by atoms with Gasteiger partial charge >= 0.3 is 5.69 Å². The Hall–Kier alpha value is -2.80. The van der Waals surface area contributed by atoms with Crippen LogP contribution in [0, 0.1) is 17.0 Å². The highest BCUT2D eigenvalue weighted by Gasteiger charge is 2.17. The first-order chi connectivity index (χ1) is 11.4. The lowest BCUT2D eigenvalue weighted by Crippen LogP contribution is -2.20. The van der Waals surface area contributed by atoms with Crippen LogP contribution in [0.3, 0.4) is 0 Å². The topological polar surface area (TPSA) is 90.7 Å². The lowest BCUT2D eigenvalue weighted by molar-refractivity contribution is -0.385. The number of methoxy groups -OCH3 is 1. The molecule has 0 aliphatic carbocycles. The van der Waals surface area contributed by atoms with Crippen LogP contribution in [0.4, 0.5) is 11.4 Å². The Morgan fingerprint density at radius 1 is 1.29 bits per heavy atom. The number of carbonyl (C=O) groups is 1. The number of benzene rings is 2.